The molecule has 1 N–H and O–H groups in total. The fourth-order valence-corrected chi connectivity index (χ4v) is 1.44. The Bertz CT molecular complexity index is 404. The molecule has 0 amide bonds. The first-order chi connectivity index (χ1) is 8.09. The summed E-state index contributed by atoms with van der Waals surface area (Å²) in [6.07, 6.45) is 3.30. The third-order valence-electron chi connectivity index (χ3n) is 2.40. The Hall–Kier alpha value is -1.68. The summed E-state index contributed by atoms with van der Waals surface area (Å²) in [7, 11) is 1.87. The van der Waals surface area contributed by atoms with Gasteiger partial charge in [-0.25, -0.2) is 9.18 Å². The van der Waals surface area contributed by atoms with Gasteiger partial charge in [-0.15, -0.1) is 0 Å². The maximum absolute atomic E-state index is 13.3. The van der Waals surface area contributed by atoms with E-state index in [0.29, 0.717) is 25.1 Å². The predicted octanol–water partition coefficient (Wildman–Crippen LogP) is 1.94. The average Bonchev–Trinajstić information content (AvgIpc) is 2.27. The lowest BCUT2D eigenvalue weighted by Gasteiger charge is -2.14. The SMILES string of the molecule is CN(C/C=C/C(=O)O)CCc1ccccc1F. The largest absolute Gasteiger partial charge is 0.478 e. The fourth-order valence-electron chi connectivity index (χ4n) is 1.44. The second kappa shape index (κ2) is 6.81. The van der Waals surface area contributed by atoms with E-state index in [0.717, 1.165) is 6.08 Å². The molecule has 0 bridgehead atoms. The Kier molecular flexibility index (Phi) is 5.36. The highest BCUT2D eigenvalue weighted by Gasteiger charge is 2.02. The Morgan fingerprint density at radius 2 is 2.18 bits per heavy atom. The Morgan fingerprint density at radius 3 is 2.82 bits per heavy atom. The molecule has 0 fully saturated rings. The minimum Gasteiger partial charge on any atom is -0.478 e. The van der Waals surface area contributed by atoms with Crippen molar-refractivity contribution in [1.82, 2.24) is 4.90 Å². The van der Waals surface area contributed by atoms with Crippen molar-refractivity contribution in [3.63, 3.8) is 0 Å². The van der Waals surface area contributed by atoms with E-state index in [-0.39, 0.29) is 5.82 Å². The predicted molar refractivity (Wildman–Crippen MR) is 64.4 cm³/mol. The summed E-state index contributed by atoms with van der Waals surface area (Å²) in [4.78, 5) is 12.2. The number of aliphatic carboxylic acids is 1. The minimum absolute atomic E-state index is 0.193. The highest BCUT2D eigenvalue weighted by atomic mass is 19.1. The van der Waals surface area contributed by atoms with E-state index >= 15 is 0 Å². The molecule has 0 atom stereocenters. The second-order valence-corrected chi connectivity index (χ2v) is 3.84. The standard InChI is InChI=1S/C13H16FNO2/c1-15(9-4-7-13(16)17)10-8-11-5-2-3-6-12(11)14/h2-7H,8-10H2,1H3,(H,16,17)/b7-4+. The normalized spacial score (nSPS) is 11.2. The van der Waals surface area contributed by atoms with E-state index in [1.165, 1.54) is 6.07 Å². The number of carboxylic acid groups (broad SMARTS) is 1. The van der Waals surface area contributed by atoms with Crippen LogP contribution in [0.2, 0.25) is 0 Å². The Balaban J connectivity index is 2.36. The number of halogens is 1. The van der Waals surface area contributed by atoms with Crippen LogP contribution in [-0.4, -0.2) is 36.1 Å². The highest BCUT2D eigenvalue weighted by Crippen LogP contribution is 2.07. The number of hydrogen-bond acceptors (Lipinski definition) is 2. The van der Waals surface area contributed by atoms with Crippen molar-refractivity contribution in [1.29, 1.82) is 0 Å². The molecule has 0 radical (unpaired) electrons. The molecule has 1 rings (SSSR count). The van der Waals surface area contributed by atoms with E-state index in [2.05, 4.69) is 0 Å². The molecule has 0 spiro atoms. The second-order valence-electron chi connectivity index (χ2n) is 3.84. The van der Waals surface area contributed by atoms with Crippen LogP contribution in [0, 0.1) is 5.82 Å². The summed E-state index contributed by atoms with van der Waals surface area (Å²) < 4.78 is 13.3. The number of benzene rings is 1. The van der Waals surface area contributed by atoms with Gasteiger partial charge in [-0.05, 0) is 25.1 Å². The summed E-state index contributed by atoms with van der Waals surface area (Å²) >= 11 is 0. The fraction of sp³-hybridized carbons (Fsp3) is 0.308. The van der Waals surface area contributed by atoms with Crippen molar-refractivity contribution in [2.24, 2.45) is 0 Å². The molecule has 0 saturated carbocycles. The van der Waals surface area contributed by atoms with Crippen molar-refractivity contribution in [3.05, 3.63) is 47.8 Å². The zero-order valence-corrected chi connectivity index (χ0v) is 9.77. The average molecular weight is 237 g/mol. The molecule has 0 aliphatic carbocycles. The molecular weight excluding hydrogens is 221 g/mol. The molecule has 3 nitrogen and oxygen atoms in total. The summed E-state index contributed by atoms with van der Waals surface area (Å²) in [6.45, 7) is 1.23. The van der Waals surface area contributed by atoms with Crippen LogP contribution in [0.1, 0.15) is 5.56 Å². The van der Waals surface area contributed by atoms with Crippen molar-refractivity contribution in [2.75, 3.05) is 20.1 Å². The van der Waals surface area contributed by atoms with Gasteiger partial charge in [-0.1, -0.05) is 24.3 Å². The van der Waals surface area contributed by atoms with E-state index in [1.807, 2.05) is 18.0 Å². The monoisotopic (exact) mass is 237 g/mol. The number of carbonyl (C=O) groups is 1. The molecule has 0 saturated heterocycles. The summed E-state index contributed by atoms with van der Waals surface area (Å²) in [6, 6.07) is 6.68. The molecule has 1 aromatic carbocycles. The van der Waals surface area contributed by atoms with Crippen LogP contribution in [0.5, 0.6) is 0 Å². The van der Waals surface area contributed by atoms with Crippen LogP contribution in [0.15, 0.2) is 36.4 Å². The summed E-state index contributed by atoms with van der Waals surface area (Å²) in [5.74, 6) is -1.14. The van der Waals surface area contributed by atoms with Crippen molar-refractivity contribution >= 4 is 5.97 Å². The summed E-state index contributed by atoms with van der Waals surface area (Å²) in [5.41, 5.74) is 0.682. The van der Waals surface area contributed by atoms with Crippen LogP contribution in [-0.2, 0) is 11.2 Å². The first-order valence-corrected chi connectivity index (χ1v) is 5.41. The topological polar surface area (TPSA) is 40.5 Å². The van der Waals surface area contributed by atoms with E-state index < -0.39 is 5.97 Å². The lowest BCUT2D eigenvalue weighted by atomic mass is 10.1. The van der Waals surface area contributed by atoms with E-state index in [1.54, 1.807) is 18.2 Å². The van der Waals surface area contributed by atoms with Crippen LogP contribution in [0.3, 0.4) is 0 Å². The van der Waals surface area contributed by atoms with Gasteiger partial charge in [-0.3, -0.25) is 0 Å². The van der Waals surface area contributed by atoms with Crippen LogP contribution in [0.4, 0.5) is 4.39 Å². The minimum atomic E-state index is -0.951. The van der Waals surface area contributed by atoms with Crippen molar-refractivity contribution in [3.8, 4) is 0 Å². The molecule has 17 heavy (non-hydrogen) atoms. The zero-order valence-electron chi connectivity index (χ0n) is 9.77. The number of nitrogens with zero attached hydrogens (tertiary/aromatic N) is 1. The van der Waals surface area contributed by atoms with Crippen LogP contribution >= 0.6 is 0 Å². The van der Waals surface area contributed by atoms with Gasteiger partial charge in [0.05, 0.1) is 0 Å². The van der Waals surface area contributed by atoms with Gasteiger partial charge in [-0.2, -0.15) is 0 Å². The Labute approximate surface area is 100 Å². The molecule has 0 heterocycles. The van der Waals surface area contributed by atoms with Gasteiger partial charge in [0, 0.05) is 19.2 Å². The number of hydrogen-bond donors (Lipinski definition) is 1. The molecule has 0 unspecified atom stereocenters. The third kappa shape index (κ3) is 5.26. The number of carboxylic acids is 1. The zero-order chi connectivity index (χ0) is 12.7. The van der Waals surface area contributed by atoms with Crippen LogP contribution < -0.4 is 0 Å². The van der Waals surface area contributed by atoms with Gasteiger partial charge >= 0.3 is 5.97 Å². The molecule has 0 aliphatic rings. The van der Waals surface area contributed by atoms with Crippen molar-refractivity contribution in [2.45, 2.75) is 6.42 Å². The van der Waals surface area contributed by atoms with Gasteiger partial charge in [0.2, 0.25) is 0 Å². The summed E-state index contributed by atoms with van der Waals surface area (Å²) in [5, 5.41) is 8.42. The number of rotatable bonds is 6. The molecular formula is C13H16FNO2. The van der Waals surface area contributed by atoms with Gasteiger partial charge in [0.1, 0.15) is 5.82 Å². The van der Waals surface area contributed by atoms with Gasteiger partial charge in [0.25, 0.3) is 0 Å². The maximum atomic E-state index is 13.3. The van der Waals surface area contributed by atoms with Gasteiger partial charge < -0.3 is 10.0 Å². The quantitative estimate of drug-likeness (QED) is 0.769. The highest BCUT2D eigenvalue weighted by molar-refractivity contribution is 5.79. The molecule has 4 heteroatoms. The van der Waals surface area contributed by atoms with Crippen LogP contribution in [0.25, 0.3) is 0 Å². The number of likely N-dealkylation sites (N-methyl/N-ethyl adjacent to an activating group) is 1. The smallest absolute Gasteiger partial charge is 0.328 e. The van der Waals surface area contributed by atoms with E-state index in [9.17, 15) is 9.18 Å². The van der Waals surface area contributed by atoms with Crippen molar-refractivity contribution < 1.29 is 14.3 Å². The van der Waals surface area contributed by atoms with E-state index in [4.69, 9.17) is 5.11 Å². The Morgan fingerprint density at radius 1 is 1.47 bits per heavy atom. The molecule has 1 aromatic rings. The lowest BCUT2D eigenvalue weighted by molar-refractivity contribution is -0.131. The first kappa shape index (κ1) is 13.4. The van der Waals surface area contributed by atoms with Gasteiger partial charge in [0.15, 0.2) is 0 Å². The lowest BCUT2D eigenvalue weighted by Crippen LogP contribution is -2.21. The molecule has 0 aliphatic heterocycles. The maximum Gasteiger partial charge on any atom is 0.328 e. The third-order valence-corrected chi connectivity index (χ3v) is 2.40. The first-order valence-electron chi connectivity index (χ1n) is 5.41. The molecule has 92 valence electrons. The molecule has 0 aromatic heterocycles.